The first-order valence-electron chi connectivity index (χ1n) is 12.4. The highest BCUT2D eigenvalue weighted by Crippen LogP contribution is 2.32. The summed E-state index contributed by atoms with van der Waals surface area (Å²) >= 11 is 2.90. The summed E-state index contributed by atoms with van der Waals surface area (Å²) in [6.45, 7) is 0. The van der Waals surface area contributed by atoms with E-state index in [1.165, 1.54) is 23.1 Å². The summed E-state index contributed by atoms with van der Waals surface area (Å²) in [5.41, 5.74) is 5.17. The summed E-state index contributed by atoms with van der Waals surface area (Å²) in [6.07, 6.45) is 0. The number of aromatic nitrogens is 1. The van der Waals surface area contributed by atoms with Crippen molar-refractivity contribution in [3.05, 3.63) is 121 Å². The molecule has 7 heteroatoms. The predicted octanol–water partition coefficient (Wildman–Crippen LogP) is 8.10. The molecule has 0 bridgehead atoms. The van der Waals surface area contributed by atoms with E-state index in [9.17, 15) is 9.59 Å². The van der Waals surface area contributed by atoms with Crippen molar-refractivity contribution in [2.75, 3.05) is 16.4 Å². The van der Waals surface area contributed by atoms with Crippen LogP contribution in [-0.4, -0.2) is 22.6 Å². The lowest BCUT2D eigenvalue weighted by atomic mass is 10.0. The number of thiazole rings is 1. The lowest BCUT2D eigenvalue weighted by Gasteiger charge is -2.08. The second kappa shape index (κ2) is 11.1. The normalized spacial score (nSPS) is 11.0. The first kappa shape index (κ1) is 24.9. The number of carbonyl (C=O) groups is 2. The largest absolute Gasteiger partial charge is 0.325 e. The lowest BCUT2D eigenvalue weighted by molar-refractivity contribution is -0.113. The highest BCUT2D eigenvalue weighted by atomic mass is 32.2. The molecule has 6 rings (SSSR count). The molecule has 1 heterocycles. The number of nitrogens with zero attached hydrogens (tertiary/aromatic N) is 1. The van der Waals surface area contributed by atoms with Crippen molar-refractivity contribution in [3.63, 3.8) is 0 Å². The van der Waals surface area contributed by atoms with Gasteiger partial charge in [0.1, 0.15) is 0 Å². The van der Waals surface area contributed by atoms with Crippen molar-refractivity contribution >= 4 is 67.3 Å². The van der Waals surface area contributed by atoms with E-state index in [4.69, 9.17) is 0 Å². The van der Waals surface area contributed by atoms with Gasteiger partial charge in [0, 0.05) is 16.9 Å². The van der Waals surface area contributed by atoms with Crippen LogP contribution < -0.4 is 10.6 Å². The number of fused-ring (bicyclic) bond motifs is 2. The molecule has 0 fully saturated rings. The van der Waals surface area contributed by atoms with Crippen LogP contribution in [0.3, 0.4) is 0 Å². The van der Waals surface area contributed by atoms with Gasteiger partial charge in [0.15, 0.2) is 4.34 Å². The molecule has 190 valence electrons. The Morgan fingerprint density at radius 3 is 2.28 bits per heavy atom. The molecule has 1 aromatic heterocycles. The van der Waals surface area contributed by atoms with Gasteiger partial charge in [0.05, 0.1) is 16.0 Å². The van der Waals surface area contributed by atoms with Crippen LogP contribution in [0.1, 0.15) is 10.4 Å². The van der Waals surface area contributed by atoms with Crippen LogP contribution in [0.2, 0.25) is 0 Å². The van der Waals surface area contributed by atoms with Gasteiger partial charge in [0.2, 0.25) is 5.91 Å². The average molecular weight is 546 g/mol. The summed E-state index contributed by atoms with van der Waals surface area (Å²) in [5, 5.41) is 7.91. The molecular weight excluding hydrogens is 523 g/mol. The van der Waals surface area contributed by atoms with Crippen LogP contribution in [0.5, 0.6) is 0 Å². The molecule has 0 spiro atoms. The Bertz CT molecular complexity index is 1790. The molecule has 5 nitrogen and oxygen atoms in total. The number of rotatable bonds is 7. The summed E-state index contributed by atoms with van der Waals surface area (Å²) in [7, 11) is 0. The molecular formula is C32H23N3O2S2. The van der Waals surface area contributed by atoms with Crippen LogP contribution in [0.25, 0.3) is 32.1 Å². The maximum Gasteiger partial charge on any atom is 0.256 e. The van der Waals surface area contributed by atoms with E-state index in [0.717, 1.165) is 42.1 Å². The standard InChI is InChI=1S/C32H23N3O2S2/c36-30(33-24-15-13-22(14-16-24)21-7-2-1-3-8-21)20-38-32-35-28-18-17-25(19-29(28)39-32)34-31(37)27-12-6-10-23-9-4-5-11-26(23)27/h1-19H,20H2,(H,33,36)(H,34,37). The molecule has 0 aliphatic carbocycles. The first-order valence-corrected chi connectivity index (χ1v) is 14.2. The third kappa shape index (κ3) is 5.70. The zero-order valence-corrected chi connectivity index (χ0v) is 22.4. The van der Waals surface area contributed by atoms with Crippen molar-refractivity contribution in [2.24, 2.45) is 0 Å². The third-order valence-corrected chi connectivity index (χ3v) is 8.42. The monoisotopic (exact) mass is 545 g/mol. The predicted molar refractivity (Wildman–Crippen MR) is 163 cm³/mol. The number of anilines is 2. The Labute approximate surface area is 233 Å². The van der Waals surface area contributed by atoms with Gasteiger partial charge >= 0.3 is 0 Å². The average Bonchev–Trinajstić information content (AvgIpc) is 3.39. The Kier molecular flexibility index (Phi) is 7.08. The fraction of sp³-hybridized carbons (Fsp3) is 0.0312. The number of hydrogen-bond acceptors (Lipinski definition) is 5. The van der Waals surface area contributed by atoms with Gasteiger partial charge in [0.25, 0.3) is 5.91 Å². The van der Waals surface area contributed by atoms with Gasteiger partial charge < -0.3 is 10.6 Å². The minimum absolute atomic E-state index is 0.0882. The Morgan fingerprint density at radius 2 is 1.44 bits per heavy atom. The number of hydrogen-bond donors (Lipinski definition) is 2. The number of carbonyl (C=O) groups excluding carboxylic acids is 2. The van der Waals surface area contributed by atoms with Crippen LogP contribution in [0.4, 0.5) is 11.4 Å². The van der Waals surface area contributed by atoms with Crippen molar-refractivity contribution in [1.82, 2.24) is 4.98 Å². The quantitative estimate of drug-likeness (QED) is 0.199. The minimum Gasteiger partial charge on any atom is -0.325 e. The number of amides is 2. The van der Waals surface area contributed by atoms with E-state index < -0.39 is 0 Å². The summed E-state index contributed by atoms with van der Waals surface area (Å²) < 4.78 is 1.75. The maximum absolute atomic E-state index is 13.0. The van der Waals surface area contributed by atoms with Crippen LogP contribution in [-0.2, 0) is 4.79 Å². The van der Waals surface area contributed by atoms with Crippen molar-refractivity contribution in [3.8, 4) is 11.1 Å². The number of thioether (sulfide) groups is 1. The molecule has 5 aromatic carbocycles. The molecule has 0 unspecified atom stereocenters. The van der Waals surface area contributed by atoms with Crippen LogP contribution >= 0.6 is 23.1 Å². The van der Waals surface area contributed by atoms with Crippen LogP contribution in [0, 0.1) is 0 Å². The van der Waals surface area contributed by atoms with E-state index in [1.54, 1.807) is 0 Å². The zero-order valence-electron chi connectivity index (χ0n) is 20.8. The van der Waals surface area contributed by atoms with Gasteiger partial charge in [-0.2, -0.15) is 0 Å². The van der Waals surface area contributed by atoms with E-state index >= 15 is 0 Å². The minimum atomic E-state index is -0.154. The molecule has 0 saturated heterocycles. The van der Waals surface area contributed by atoms with Gasteiger partial charge in [-0.3, -0.25) is 9.59 Å². The SMILES string of the molecule is O=C(CSc1nc2ccc(NC(=O)c3cccc4ccccc34)cc2s1)Nc1ccc(-c2ccccc2)cc1. The summed E-state index contributed by atoms with van der Waals surface area (Å²) in [6, 6.07) is 37.2. The molecule has 0 aliphatic rings. The smallest absolute Gasteiger partial charge is 0.256 e. The van der Waals surface area contributed by atoms with E-state index in [-0.39, 0.29) is 17.6 Å². The summed E-state index contributed by atoms with van der Waals surface area (Å²) in [4.78, 5) is 30.2. The Morgan fingerprint density at radius 1 is 0.718 bits per heavy atom. The van der Waals surface area contributed by atoms with Gasteiger partial charge in [-0.1, -0.05) is 90.6 Å². The molecule has 0 radical (unpaired) electrons. The zero-order chi connectivity index (χ0) is 26.6. The van der Waals surface area contributed by atoms with Gasteiger partial charge in [-0.25, -0.2) is 4.98 Å². The Hall–Kier alpha value is -4.46. The second-order valence-corrected chi connectivity index (χ2v) is 11.2. The number of nitrogens with one attached hydrogen (secondary N) is 2. The Balaban J connectivity index is 1.08. The fourth-order valence-electron chi connectivity index (χ4n) is 4.37. The van der Waals surface area contributed by atoms with Crippen molar-refractivity contribution in [2.45, 2.75) is 4.34 Å². The highest BCUT2D eigenvalue weighted by Gasteiger charge is 2.13. The fourth-order valence-corrected chi connectivity index (χ4v) is 6.27. The molecule has 39 heavy (non-hydrogen) atoms. The van der Waals surface area contributed by atoms with E-state index in [1.807, 2.05) is 103 Å². The highest BCUT2D eigenvalue weighted by molar-refractivity contribution is 8.01. The van der Waals surface area contributed by atoms with E-state index in [2.05, 4.69) is 27.8 Å². The molecule has 0 atom stereocenters. The lowest BCUT2D eigenvalue weighted by Crippen LogP contribution is -2.13. The second-order valence-electron chi connectivity index (χ2n) is 8.92. The van der Waals surface area contributed by atoms with Gasteiger partial charge in [-0.05, 0) is 58.3 Å². The first-order chi connectivity index (χ1) is 19.1. The van der Waals surface area contributed by atoms with Crippen LogP contribution in [0.15, 0.2) is 120 Å². The topological polar surface area (TPSA) is 71.1 Å². The van der Waals surface area contributed by atoms with E-state index in [0.29, 0.717) is 11.3 Å². The molecule has 2 amide bonds. The molecule has 0 saturated carbocycles. The summed E-state index contributed by atoms with van der Waals surface area (Å²) in [5.74, 6) is 0.0128. The van der Waals surface area contributed by atoms with Gasteiger partial charge in [-0.15, -0.1) is 11.3 Å². The third-order valence-electron chi connectivity index (χ3n) is 6.26. The number of benzene rings is 5. The van der Waals surface area contributed by atoms with Crippen molar-refractivity contribution in [1.29, 1.82) is 0 Å². The molecule has 6 aromatic rings. The van der Waals surface area contributed by atoms with Crippen molar-refractivity contribution < 1.29 is 9.59 Å². The molecule has 0 aliphatic heterocycles. The maximum atomic E-state index is 13.0. The molecule has 2 N–H and O–H groups in total.